The van der Waals surface area contributed by atoms with Gasteiger partial charge in [-0.05, 0) is 30.2 Å². The Hall–Kier alpha value is -3.20. The van der Waals surface area contributed by atoms with Crippen molar-refractivity contribution in [1.82, 2.24) is 24.9 Å². The fourth-order valence-electron chi connectivity index (χ4n) is 6.23. The molecule has 9 nitrogen and oxygen atoms in total. The molecule has 4 aliphatic rings. The number of likely N-dealkylation sites (tertiary alicyclic amines) is 2. The van der Waals surface area contributed by atoms with Crippen LogP contribution in [0.25, 0.3) is 0 Å². The number of rotatable bonds is 6. The average molecular weight is 506 g/mol. The number of carbonyl (C=O) groups is 3. The fourth-order valence-corrected chi connectivity index (χ4v) is 6.23. The Morgan fingerprint density at radius 3 is 2.38 bits per heavy atom. The van der Waals surface area contributed by atoms with Gasteiger partial charge in [0.15, 0.2) is 0 Å². The zero-order chi connectivity index (χ0) is 25.9. The Balaban J connectivity index is 1.16. The number of carbonyl (C=O) groups excluding carboxylic acids is 3. The molecule has 0 unspecified atom stereocenters. The Kier molecular flexibility index (Phi) is 5.67. The number of hydrogen-bond donors (Lipinski definition) is 2. The van der Waals surface area contributed by atoms with Crippen LogP contribution in [0.5, 0.6) is 0 Å². The van der Waals surface area contributed by atoms with Gasteiger partial charge in [-0.15, -0.1) is 0 Å². The molecule has 1 spiro atoms. The van der Waals surface area contributed by atoms with E-state index in [0.717, 1.165) is 18.4 Å². The Labute approximate surface area is 216 Å². The SMILES string of the molecule is CC1(C)C[C@@H]1C(=O)N1CC2(CN(C(=O)c3cnn(Cc4ccccc4)c3)C[C@H]2C(=O)N[C@@H]2CC[C@@H]2O)C1. The molecule has 9 heteroatoms. The first-order valence-corrected chi connectivity index (χ1v) is 13.3. The monoisotopic (exact) mass is 505 g/mol. The van der Waals surface area contributed by atoms with Crippen LogP contribution in [0.15, 0.2) is 42.7 Å². The van der Waals surface area contributed by atoms with Gasteiger partial charge in [-0.2, -0.15) is 5.10 Å². The molecule has 2 aromatic rings. The van der Waals surface area contributed by atoms with Gasteiger partial charge >= 0.3 is 0 Å². The number of nitrogens with one attached hydrogen (secondary N) is 1. The summed E-state index contributed by atoms with van der Waals surface area (Å²) < 4.78 is 1.75. The number of benzene rings is 1. The molecule has 0 radical (unpaired) electrons. The third kappa shape index (κ3) is 4.33. The molecule has 4 atom stereocenters. The van der Waals surface area contributed by atoms with Gasteiger partial charge in [0, 0.05) is 43.7 Å². The van der Waals surface area contributed by atoms with Crippen molar-refractivity contribution in [3.05, 3.63) is 53.9 Å². The molecule has 2 N–H and O–H groups in total. The van der Waals surface area contributed by atoms with Crippen molar-refractivity contribution in [2.75, 3.05) is 26.2 Å². The molecular weight excluding hydrogens is 470 g/mol. The predicted molar refractivity (Wildman–Crippen MR) is 135 cm³/mol. The van der Waals surface area contributed by atoms with Crippen molar-refractivity contribution >= 4 is 17.7 Å². The summed E-state index contributed by atoms with van der Waals surface area (Å²) in [6.07, 6.45) is 5.19. The summed E-state index contributed by atoms with van der Waals surface area (Å²) in [6.45, 7) is 6.49. The summed E-state index contributed by atoms with van der Waals surface area (Å²) in [7, 11) is 0. The summed E-state index contributed by atoms with van der Waals surface area (Å²) in [5, 5.41) is 17.4. The van der Waals surface area contributed by atoms with E-state index in [4.69, 9.17) is 0 Å². The van der Waals surface area contributed by atoms with E-state index in [2.05, 4.69) is 24.3 Å². The van der Waals surface area contributed by atoms with E-state index in [1.165, 1.54) is 0 Å². The molecule has 2 aliphatic heterocycles. The first-order valence-electron chi connectivity index (χ1n) is 13.3. The zero-order valence-corrected chi connectivity index (χ0v) is 21.5. The van der Waals surface area contributed by atoms with Crippen LogP contribution in [-0.2, 0) is 16.1 Å². The lowest BCUT2D eigenvalue weighted by Crippen LogP contribution is -2.65. The maximum atomic E-state index is 13.5. The zero-order valence-electron chi connectivity index (χ0n) is 21.5. The highest BCUT2D eigenvalue weighted by Crippen LogP contribution is 2.54. The summed E-state index contributed by atoms with van der Waals surface area (Å²) in [4.78, 5) is 43.4. The van der Waals surface area contributed by atoms with Crippen molar-refractivity contribution in [1.29, 1.82) is 0 Å². The van der Waals surface area contributed by atoms with Crippen LogP contribution in [0.1, 0.15) is 49.0 Å². The quantitative estimate of drug-likeness (QED) is 0.619. The molecule has 4 fully saturated rings. The fraction of sp³-hybridized carbons (Fsp3) is 0.571. The van der Waals surface area contributed by atoms with Crippen molar-refractivity contribution in [3.8, 4) is 0 Å². The van der Waals surface area contributed by atoms with Crippen molar-refractivity contribution < 1.29 is 19.5 Å². The molecule has 3 amide bonds. The lowest BCUT2D eigenvalue weighted by Gasteiger charge is -2.51. The molecule has 2 saturated heterocycles. The average Bonchev–Trinajstić information content (AvgIpc) is 3.20. The standard InChI is InChI=1S/C28H35N5O4/c1-27(2)10-20(27)26(37)32-16-28(17-32)15-31(14-21(28)24(35)30-22-8-9-23(22)34)25(36)19-11-29-33(13-19)12-18-6-4-3-5-7-18/h3-7,11,13,20-23,34H,8-10,12,14-17H2,1-2H3,(H,30,35)/t20-,21+,22-,23+/m1/s1. The number of aromatic nitrogens is 2. The lowest BCUT2D eigenvalue weighted by molar-refractivity contribution is -0.152. The van der Waals surface area contributed by atoms with E-state index < -0.39 is 17.4 Å². The van der Waals surface area contributed by atoms with Crippen molar-refractivity contribution in [2.24, 2.45) is 22.7 Å². The topological polar surface area (TPSA) is 108 Å². The summed E-state index contributed by atoms with van der Waals surface area (Å²) in [5.74, 6) is -0.476. The van der Waals surface area contributed by atoms with Gasteiger partial charge in [-0.1, -0.05) is 44.2 Å². The highest BCUT2D eigenvalue weighted by atomic mass is 16.3. The molecule has 1 aromatic carbocycles. The Morgan fingerprint density at radius 1 is 1.05 bits per heavy atom. The summed E-state index contributed by atoms with van der Waals surface area (Å²) >= 11 is 0. The molecule has 2 aliphatic carbocycles. The predicted octanol–water partition coefficient (Wildman–Crippen LogP) is 1.52. The van der Waals surface area contributed by atoms with E-state index in [9.17, 15) is 19.5 Å². The van der Waals surface area contributed by atoms with E-state index in [0.29, 0.717) is 44.7 Å². The Morgan fingerprint density at radius 2 is 1.76 bits per heavy atom. The second-order valence-electron chi connectivity index (χ2n) is 12.2. The van der Waals surface area contributed by atoms with E-state index in [-0.39, 0.29) is 35.1 Å². The van der Waals surface area contributed by atoms with Gasteiger partial charge < -0.3 is 20.2 Å². The third-order valence-corrected chi connectivity index (χ3v) is 9.02. The summed E-state index contributed by atoms with van der Waals surface area (Å²) in [6, 6.07) is 9.71. The number of amides is 3. The van der Waals surface area contributed by atoms with Crippen molar-refractivity contribution in [3.63, 3.8) is 0 Å². The maximum absolute atomic E-state index is 13.5. The highest BCUT2D eigenvalue weighted by Gasteiger charge is 2.62. The van der Waals surface area contributed by atoms with Gasteiger partial charge in [-0.3, -0.25) is 19.1 Å². The number of nitrogens with zero attached hydrogens (tertiary/aromatic N) is 4. The van der Waals surface area contributed by atoms with Crippen LogP contribution in [0.2, 0.25) is 0 Å². The molecular formula is C28H35N5O4. The number of aliphatic hydroxyl groups is 1. The molecule has 2 saturated carbocycles. The second-order valence-corrected chi connectivity index (χ2v) is 12.2. The molecule has 196 valence electrons. The molecule has 3 heterocycles. The van der Waals surface area contributed by atoms with E-state index in [1.807, 2.05) is 35.2 Å². The smallest absolute Gasteiger partial charge is 0.257 e. The number of aliphatic hydroxyl groups excluding tert-OH is 1. The minimum absolute atomic E-state index is 0.0502. The minimum atomic E-state index is -0.508. The van der Waals surface area contributed by atoms with E-state index >= 15 is 0 Å². The number of hydrogen-bond acceptors (Lipinski definition) is 5. The Bertz CT molecular complexity index is 1220. The molecule has 6 rings (SSSR count). The maximum Gasteiger partial charge on any atom is 0.257 e. The van der Waals surface area contributed by atoms with Crippen LogP contribution in [-0.4, -0.2) is 80.7 Å². The minimum Gasteiger partial charge on any atom is -0.391 e. The van der Waals surface area contributed by atoms with Crippen molar-refractivity contribution in [2.45, 2.75) is 51.8 Å². The highest BCUT2D eigenvalue weighted by molar-refractivity contribution is 5.95. The largest absolute Gasteiger partial charge is 0.391 e. The van der Waals surface area contributed by atoms with Crippen LogP contribution in [0.3, 0.4) is 0 Å². The lowest BCUT2D eigenvalue weighted by atomic mass is 9.70. The van der Waals surface area contributed by atoms with Crippen LogP contribution < -0.4 is 5.32 Å². The van der Waals surface area contributed by atoms with Crippen LogP contribution in [0, 0.1) is 22.7 Å². The van der Waals surface area contributed by atoms with Gasteiger partial charge in [0.1, 0.15) is 0 Å². The molecule has 37 heavy (non-hydrogen) atoms. The second kappa shape index (κ2) is 8.68. The van der Waals surface area contributed by atoms with Gasteiger partial charge in [-0.25, -0.2) is 0 Å². The molecule has 0 bridgehead atoms. The summed E-state index contributed by atoms with van der Waals surface area (Å²) in [5.41, 5.74) is 1.18. The van der Waals surface area contributed by atoms with Gasteiger partial charge in [0.25, 0.3) is 5.91 Å². The van der Waals surface area contributed by atoms with Gasteiger partial charge in [0.05, 0.1) is 36.4 Å². The first-order chi connectivity index (χ1) is 17.6. The van der Waals surface area contributed by atoms with Crippen LogP contribution in [0.4, 0.5) is 0 Å². The first kappa shape index (κ1) is 24.2. The molecule has 1 aromatic heterocycles. The third-order valence-electron chi connectivity index (χ3n) is 9.02. The van der Waals surface area contributed by atoms with E-state index in [1.54, 1.807) is 22.0 Å². The normalized spacial score (nSPS) is 28.9. The van der Waals surface area contributed by atoms with Gasteiger partial charge in [0.2, 0.25) is 11.8 Å². The van der Waals surface area contributed by atoms with Crippen LogP contribution >= 0.6 is 0 Å².